The maximum atomic E-state index is 13.1. The summed E-state index contributed by atoms with van der Waals surface area (Å²) in [5, 5.41) is 3.56. The monoisotopic (exact) mass is 366 g/mol. The molecule has 0 amide bonds. The average molecular weight is 367 g/mol. The zero-order valence-electron chi connectivity index (χ0n) is 11.2. The Kier molecular flexibility index (Phi) is 3.78. The molecule has 0 atom stereocenters. The van der Waals surface area contributed by atoms with Gasteiger partial charge in [-0.2, -0.15) is 13.2 Å². The lowest BCUT2D eigenvalue weighted by Crippen LogP contribution is -2.06. The summed E-state index contributed by atoms with van der Waals surface area (Å²) in [6.07, 6.45) is -3.05. The van der Waals surface area contributed by atoms with E-state index in [1.54, 1.807) is 12.1 Å². The molecular formula is C16H10BrF3N2. The van der Waals surface area contributed by atoms with Crippen molar-refractivity contribution < 1.29 is 13.2 Å². The first-order valence-electron chi connectivity index (χ1n) is 6.43. The molecule has 0 saturated carbocycles. The molecule has 6 heteroatoms. The van der Waals surface area contributed by atoms with Crippen LogP contribution in [0.15, 0.2) is 59.2 Å². The van der Waals surface area contributed by atoms with E-state index in [0.29, 0.717) is 11.1 Å². The first-order valence-corrected chi connectivity index (χ1v) is 7.22. The molecule has 22 heavy (non-hydrogen) atoms. The van der Waals surface area contributed by atoms with Crippen molar-refractivity contribution in [2.75, 3.05) is 5.32 Å². The van der Waals surface area contributed by atoms with Crippen LogP contribution in [0.3, 0.4) is 0 Å². The summed E-state index contributed by atoms with van der Waals surface area (Å²) in [6.45, 7) is 0. The number of aromatic nitrogens is 1. The highest BCUT2D eigenvalue weighted by atomic mass is 79.9. The summed E-state index contributed by atoms with van der Waals surface area (Å²) in [5.74, 6) is 0. The van der Waals surface area contributed by atoms with E-state index in [1.807, 2.05) is 24.3 Å². The number of nitrogens with zero attached hydrogens (tertiary/aromatic N) is 1. The van der Waals surface area contributed by atoms with E-state index < -0.39 is 11.7 Å². The van der Waals surface area contributed by atoms with Crippen molar-refractivity contribution in [1.29, 1.82) is 0 Å². The Balaban J connectivity index is 2.09. The molecular weight excluding hydrogens is 357 g/mol. The normalized spacial score (nSPS) is 11.6. The number of rotatable bonds is 2. The Morgan fingerprint density at radius 3 is 2.36 bits per heavy atom. The van der Waals surface area contributed by atoms with Crippen LogP contribution in [0, 0.1) is 0 Å². The predicted octanol–water partition coefficient (Wildman–Crippen LogP) is 5.76. The van der Waals surface area contributed by atoms with Crippen molar-refractivity contribution in [3.63, 3.8) is 0 Å². The molecule has 3 rings (SSSR count). The summed E-state index contributed by atoms with van der Waals surface area (Å²) < 4.78 is 40.1. The average Bonchev–Trinajstić information content (AvgIpc) is 2.48. The molecule has 1 heterocycles. The fourth-order valence-electron chi connectivity index (χ4n) is 2.20. The number of hydrogen-bond acceptors (Lipinski definition) is 2. The fourth-order valence-corrected chi connectivity index (χ4v) is 2.47. The molecule has 0 saturated heterocycles. The standard InChI is InChI=1S/C16H10BrF3N2/c17-10-4-6-11(7-5-10)22-14-8-9-21-15-12(14)2-1-3-13(15)16(18,19)20/h1-9H,(H,21,22). The van der Waals surface area contributed by atoms with E-state index in [2.05, 4.69) is 26.2 Å². The molecule has 0 spiro atoms. The predicted molar refractivity (Wildman–Crippen MR) is 84.2 cm³/mol. The van der Waals surface area contributed by atoms with E-state index in [0.717, 1.165) is 16.2 Å². The molecule has 0 aliphatic heterocycles. The van der Waals surface area contributed by atoms with Gasteiger partial charge in [0.1, 0.15) is 0 Å². The topological polar surface area (TPSA) is 24.9 Å². The van der Waals surface area contributed by atoms with Crippen LogP contribution in [0.5, 0.6) is 0 Å². The van der Waals surface area contributed by atoms with Crippen molar-refractivity contribution in [3.8, 4) is 0 Å². The quantitative estimate of drug-likeness (QED) is 0.623. The second-order valence-corrected chi connectivity index (χ2v) is 5.61. The van der Waals surface area contributed by atoms with Gasteiger partial charge in [0.25, 0.3) is 0 Å². The number of hydrogen-bond donors (Lipinski definition) is 1. The summed E-state index contributed by atoms with van der Waals surface area (Å²) >= 11 is 3.34. The maximum absolute atomic E-state index is 13.1. The Hall–Kier alpha value is -2.08. The van der Waals surface area contributed by atoms with Crippen LogP contribution in [0.2, 0.25) is 0 Å². The summed E-state index contributed by atoms with van der Waals surface area (Å²) in [6, 6.07) is 13.1. The van der Waals surface area contributed by atoms with Gasteiger partial charge >= 0.3 is 6.18 Å². The van der Waals surface area contributed by atoms with E-state index >= 15 is 0 Å². The summed E-state index contributed by atoms with van der Waals surface area (Å²) in [5.41, 5.74) is 0.577. The van der Waals surface area contributed by atoms with Gasteiger partial charge in [0.05, 0.1) is 11.1 Å². The molecule has 2 aromatic carbocycles. The van der Waals surface area contributed by atoms with Crippen molar-refractivity contribution in [1.82, 2.24) is 4.98 Å². The van der Waals surface area contributed by atoms with Crippen LogP contribution in [0.25, 0.3) is 10.9 Å². The minimum Gasteiger partial charge on any atom is -0.355 e. The van der Waals surface area contributed by atoms with Crippen molar-refractivity contribution in [3.05, 3.63) is 64.8 Å². The first kappa shape index (κ1) is 14.8. The Morgan fingerprint density at radius 1 is 0.955 bits per heavy atom. The van der Waals surface area contributed by atoms with Crippen LogP contribution in [0.4, 0.5) is 24.5 Å². The van der Waals surface area contributed by atoms with Gasteiger partial charge < -0.3 is 5.32 Å². The highest BCUT2D eigenvalue weighted by Gasteiger charge is 2.33. The number of halogens is 4. The number of benzene rings is 2. The van der Waals surface area contributed by atoms with Crippen LogP contribution >= 0.6 is 15.9 Å². The van der Waals surface area contributed by atoms with Gasteiger partial charge in [-0.3, -0.25) is 4.98 Å². The molecule has 0 radical (unpaired) electrons. The molecule has 0 aliphatic carbocycles. The van der Waals surface area contributed by atoms with Crippen LogP contribution in [0.1, 0.15) is 5.56 Å². The van der Waals surface area contributed by atoms with Gasteiger partial charge in [0.2, 0.25) is 0 Å². The molecule has 3 aromatic rings. The largest absolute Gasteiger partial charge is 0.418 e. The lowest BCUT2D eigenvalue weighted by Gasteiger charge is -2.13. The second kappa shape index (κ2) is 5.61. The Bertz CT molecular complexity index is 814. The van der Waals surface area contributed by atoms with Gasteiger partial charge in [0.15, 0.2) is 0 Å². The van der Waals surface area contributed by atoms with Gasteiger partial charge in [0, 0.05) is 27.4 Å². The molecule has 0 unspecified atom stereocenters. The second-order valence-electron chi connectivity index (χ2n) is 4.69. The van der Waals surface area contributed by atoms with Crippen molar-refractivity contribution in [2.45, 2.75) is 6.18 Å². The first-order chi connectivity index (χ1) is 10.4. The Morgan fingerprint density at radius 2 is 1.68 bits per heavy atom. The van der Waals surface area contributed by atoms with E-state index in [4.69, 9.17) is 0 Å². The third-order valence-corrected chi connectivity index (χ3v) is 3.73. The number of para-hydroxylation sites is 1. The molecule has 0 aliphatic rings. The van der Waals surface area contributed by atoms with E-state index in [1.165, 1.54) is 12.3 Å². The smallest absolute Gasteiger partial charge is 0.355 e. The summed E-state index contributed by atoms with van der Waals surface area (Å²) in [7, 11) is 0. The fraction of sp³-hybridized carbons (Fsp3) is 0.0625. The molecule has 2 nitrogen and oxygen atoms in total. The molecule has 112 valence electrons. The SMILES string of the molecule is FC(F)(F)c1cccc2c(Nc3ccc(Br)cc3)ccnc12. The number of alkyl halides is 3. The zero-order valence-corrected chi connectivity index (χ0v) is 12.7. The highest BCUT2D eigenvalue weighted by molar-refractivity contribution is 9.10. The third-order valence-electron chi connectivity index (χ3n) is 3.20. The van der Waals surface area contributed by atoms with E-state index in [-0.39, 0.29) is 5.52 Å². The van der Waals surface area contributed by atoms with Crippen molar-refractivity contribution in [2.24, 2.45) is 0 Å². The zero-order chi connectivity index (χ0) is 15.7. The van der Waals surface area contributed by atoms with Gasteiger partial charge in [-0.15, -0.1) is 0 Å². The van der Waals surface area contributed by atoms with E-state index in [9.17, 15) is 13.2 Å². The number of fused-ring (bicyclic) bond motifs is 1. The van der Waals surface area contributed by atoms with Gasteiger partial charge in [-0.25, -0.2) is 0 Å². The lowest BCUT2D eigenvalue weighted by atomic mass is 10.1. The molecule has 0 bridgehead atoms. The molecule has 1 aromatic heterocycles. The van der Waals surface area contributed by atoms with Gasteiger partial charge in [-0.05, 0) is 36.4 Å². The third kappa shape index (κ3) is 2.92. The van der Waals surface area contributed by atoms with Gasteiger partial charge in [-0.1, -0.05) is 28.1 Å². The van der Waals surface area contributed by atoms with Crippen molar-refractivity contribution >= 4 is 38.2 Å². The lowest BCUT2D eigenvalue weighted by molar-refractivity contribution is -0.136. The highest BCUT2D eigenvalue weighted by Crippen LogP contribution is 2.36. The number of pyridine rings is 1. The summed E-state index contributed by atoms with van der Waals surface area (Å²) in [4.78, 5) is 3.90. The molecule has 0 fully saturated rings. The minimum absolute atomic E-state index is 0.0582. The number of nitrogens with one attached hydrogen (secondary N) is 1. The van der Waals surface area contributed by atoms with Crippen LogP contribution < -0.4 is 5.32 Å². The maximum Gasteiger partial charge on any atom is 0.418 e. The number of anilines is 2. The van der Waals surface area contributed by atoms with Crippen LogP contribution in [-0.2, 0) is 6.18 Å². The molecule has 1 N–H and O–H groups in total. The van der Waals surface area contributed by atoms with Crippen LogP contribution in [-0.4, -0.2) is 4.98 Å². The minimum atomic E-state index is -4.43. The Labute approximate surface area is 133 Å².